The summed E-state index contributed by atoms with van der Waals surface area (Å²) in [7, 11) is 1.57. The molecule has 0 radical (unpaired) electrons. The van der Waals surface area contributed by atoms with Crippen molar-refractivity contribution in [2.45, 2.75) is 58.7 Å². The van der Waals surface area contributed by atoms with Crippen LogP contribution in [0.5, 0.6) is 11.5 Å². The van der Waals surface area contributed by atoms with Gasteiger partial charge in [-0.15, -0.1) is 0 Å². The molecule has 1 aliphatic heterocycles. The van der Waals surface area contributed by atoms with Crippen LogP contribution in [0, 0.1) is 0 Å². The van der Waals surface area contributed by atoms with Gasteiger partial charge in [-0.3, -0.25) is 4.79 Å². The number of ether oxygens (including phenoxy) is 2. The van der Waals surface area contributed by atoms with Crippen LogP contribution in [0.3, 0.4) is 0 Å². The van der Waals surface area contributed by atoms with Crippen LogP contribution in [0.25, 0.3) is 0 Å². The summed E-state index contributed by atoms with van der Waals surface area (Å²) >= 11 is 0. The van der Waals surface area contributed by atoms with Gasteiger partial charge in [0.15, 0.2) is 17.6 Å². The average molecular weight is 321 g/mol. The minimum atomic E-state index is -0.521. The van der Waals surface area contributed by atoms with Gasteiger partial charge >= 0.3 is 0 Å². The first-order valence-corrected chi connectivity index (χ1v) is 8.42. The fourth-order valence-electron chi connectivity index (χ4n) is 2.87. The Kier molecular flexibility index (Phi) is 6.28. The summed E-state index contributed by atoms with van der Waals surface area (Å²) in [5, 5.41) is 9.44. The van der Waals surface area contributed by atoms with Crippen molar-refractivity contribution >= 4 is 11.6 Å². The molecule has 0 aliphatic carbocycles. The molecule has 1 N–H and O–H groups in total. The van der Waals surface area contributed by atoms with Crippen molar-refractivity contribution < 1.29 is 19.4 Å². The van der Waals surface area contributed by atoms with Gasteiger partial charge in [-0.1, -0.05) is 32.6 Å². The maximum atomic E-state index is 12.5. The molecule has 0 saturated carbocycles. The predicted octanol–water partition coefficient (Wildman–Crippen LogP) is 3.27. The van der Waals surface area contributed by atoms with E-state index in [1.165, 1.54) is 19.3 Å². The average Bonchev–Trinajstić information content (AvgIpc) is 2.57. The van der Waals surface area contributed by atoms with Gasteiger partial charge in [-0.05, 0) is 31.0 Å². The fourth-order valence-corrected chi connectivity index (χ4v) is 2.87. The van der Waals surface area contributed by atoms with Crippen molar-refractivity contribution in [2.24, 2.45) is 0 Å². The Labute approximate surface area is 138 Å². The number of methoxy groups -OCH3 is 1. The van der Waals surface area contributed by atoms with Crippen LogP contribution < -0.4 is 14.4 Å². The second kappa shape index (κ2) is 8.20. The molecule has 0 spiro atoms. The van der Waals surface area contributed by atoms with E-state index < -0.39 is 6.10 Å². The molecule has 2 rings (SSSR count). The Balaban J connectivity index is 2.23. The number of nitrogens with zero attached hydrogens (tertiary/aromatic N) is 1. The van der Waals surface area contributed by atoms with Gasteiger partial charge in [0.1, 0.15) is 0 Å². The second-order valence-electron chi connectivity index (χ2n) is 5.97. The zero-order valence-electron chi connectivity index (χ0n) is 14.3. The number of carbonyl (C=O) groups excluding carboxylic acids is 1. The van der Waals surface area contributed by atoms with E-state index in [-0.39, 0.29) is 12.5 Å². The van der Waals surface area contributed by atoms with Crippen LogP contribution in [0.1, 0.15) is 51.5 Å². The van der Waals surface area contributed by atoms with Gasteiger partial charge in [0.05, 0.1) is 19.4 Å². The molecule has 1 aromatic carbocycles. The lowest BCUT2D eigenvalue weighted by Gasteiger charge is -2.34. The Morgan fingerprint density at radius 1 is 1.26 bits per heavy atom. The number of anilines is 1. The largest absolute Gasteiger partial charge is 0.493 e. The molecule has 1 heterocycles. The van der Waals surface area contributed by atoms with Gasteiger partial charge < -0.3 is 19.5 Å². The molecular weight excluding hydrogens is 294 g/mol. The second-order valence-corrected chi connectivity index (χ2v) is 5.97. The highest BCUT2D eigenvalue weighted by Gasteiger charge is 2.33. The van der Waals surface area contributed by atoms with Crippen molar-refractivity contribution in [3.8, 4) is 11.5 Å². The number of unbranched alkanes of at least 4 members (excludes halogenated alkanes) is 4. The van der Waals surface area contributed by atoms with E-state index in [9.17, 15) is 9.90 Å². The highest BCUT2D eigenvalue weighted by atomic mass is 16.5. The summed E-state index contributed by atoms with van der Waals surface area (Å²) in [6, 6.07) is 3.56. The highest BCUT2D eigenvalue weighted by molar-refractivity contribution is 6.00. The molecule has 5 heteroatoms. The van der Waals surface area contributed by atoms with E-state index in [0.29, 0.717) is 29.3 Å². The minimum absolute atomic E-state index is 0.0369. The lowest BCUT2D eigenvalue weighted by atomic mass is 10.1. The maximum Gasteiger partial charge on any atom is 0.267 e. The van der Waals surface area contributed by atoms with Crippen molar-refractivity contribution in [2.75, 3.05) is 18.6 Å². The van der Waals surface area contributed by atoms with E-state index in [1.54, 1.807) is 25.0 Å². The van der Waals surface area contributed by atoms with Crippen LogP contribution in [0.2, 0.25) is 0 Å². The smallest absolute Gasteiger partial charge is 0.267 e. The summed E-state index contributed by atoms with van der Waals surface area (Å²) in [4.78, 5) is 14.3. The first-order chi connectivity index (χ1) is 11.1. The number of carbonyl (C=O) groups is 1. The first-order valence-electron chi connectivity index (χ1n) is 8.42. The molecule has 23 heavy (non-hydrogen) atoms. The Hall–Kier alpha value is -1.75. The minimum Gasteiger partial charge on any atom is -0.493 e. The van der Waals surface area contributed by atoms with Crippen LogP contribution in [0.4, 0.5) is 5.69 Å². The topological polar surface area (TPSA) is 59.0 Å². The quantitative estimate of drug-likeness (QED) is 0.747. The molecule has 1 aromatic rings. The molecule has 0 aromatic heterocycles. The molecular formula is C18H27NO4. The van der Waals surface area contributed by atoms with E-state index in [0.717, 1.165) is 12.8 Å². The van der Waals surface area contributed by atoms with Gasteiger partial charge in [0.2, 0.25) is 0 Å². The van der Waals surface area contributed by atoms with Gasteiger partial charge in [-0.25, -0.2) is 0 Å². The number of benzene rings is 1. The number of rotatable bonds is 8. The number of hydrogen-bond donors (Lipinski definition) is 1. The Morgan fingerprint density at radius 3 is 2.65 bits per heavy atom. The van der Waals surface area contributed by atoms with Crippen LogP contribution in [0.15, 0.2) is 12.1 Å². The third-order valence-electron chi connectivity index (χ3n) is 4.18. The Morgan fingerprint density at radius 2 is 2.00 bits per heavy atom. The summed E-state index contributed by atoms with van der Waals surface area (Å²) in [6.45, 7) is 4.51. The highest BCUT2D eigenvalue weighted by Crippen LogP contribution is 2.43. The van der Waals surface area contributed by atoms with Gasteiger partial charge in [0.25, 0.3) is 5.91 Å². The summed E-state index contributed by atoms with van der Waals surface area (Å²) in [5.41, 5.74) is 1.41. The SMILES string of the molecule is CCCCCCCN1C(=O)C(C)Oc2c(OC)cc(CO)cc21. The van der Waals surface area contributed by atoms with Crippen LogP contribution >= 0.6 is 0 Å². The lowest BCUT2D eigenvalue weighted by molar-refractivity contribution is -0.125. The molecule has 1 aliphatic rings. The van der Waals surface area contributed by atoms with E-state index in [4.69, 9.17) is 9.47 Å². The summed E-state index contributed by atoms with van der Waals surface area (Å²) in [5.74, 6) is 1.11. The van der Waals surface area contributed by atoms with Crippen molar-refractivity contribution in [1.29, 1.82) is 0 Å². The zero-order chi connectivity index (χ0) is 16.8. The van der Waals surface area contributed by atoms with Crippen LogP contribution in [-0.4, -0.2) is 30.8 Å². The number of fused-ring (bicyclic) bond motifs is 1. The van der Waals surface area contributed by atoms with E-state index in [1.807, 2.05) is 6.07 Å². The predicted molar refractivity (Wildman–Crippen MR) is 90.1 cm³/mol. The van der Waals surface area contributed by atoms with Crippen molar-refractivity contribution in [3.05, 3.63) is 17.7 Å². The van der Waals surface area contributed by atoms with Crippen molar-refractivity contribution in [1.82, 2.24) is 0 Å². The monoisotopic (exact) mass is 321 g/mol. The lowest BCUT2D eigenvalue weighted by Crippen LogP contribution is -2.45. The fraction of sp³-hybridized carbons (Fsp3) is 0.611. The number of aliphatic hydroxyl groups excluding tert-OH is 1. The molecule has 0 bridgehead atoms. The van der Waals surface area contributed by atoms with Crippen LogP contribution in [-0.2, 0) is 11.4 Å². The Bertz CT molecular complexity index is 544. The number of hydrogen-bond acceptors (Lipinski definition) is 4. The number of aliphatic hydroxyl groups is 1. The normalized spacial score (nSPS) is 17.0. The maximum absolute atomic E-state index is 12.5. The summed E-state index contributed by atoms with van der Waals surface area (Å²) < 4.78 is 11.1. The summed E-state index contributed by atoms with van der Waals surface area (Å²) in [6.07, 6.45) is 5.17. The molecule has 0 saturated heterocycles. The third-order valence-corrected chi connectivity index (χ3v) is 4.18. The first kappa shape index (κ1) is 17.6. The molecule has 1 atom stereocenters. The van der Waals surface area contributed by atoms with E-state index >= 15 is 0 Å². The number of amides is 1. The molecule has 1 amide bonds. The third kappa shape index (κ3) is 3.96. The van der Waals surface area contributed by atoms with Gasteiger partial charge in [0, 0.05) is 6.54 Å². The molecule has 128 valence electrons. The molecule has 1 unspecified atom stereocenters. The van der Waals surface area contributed by atoms with Crippen molar-refractivity contribution in [3.63, 3.8) is 0 Å². The van der Waals surface area contributed by atoms with Gasteiger partial charge in [-0.2, -0.15) is 0 Å². The molecule has 5 nitrogen and oxygen atoms in total. The van der Waals surface area contributed by atoms with E-state index in [2.05, 4.69) is 6.92 Å². The zero-order valence-corrected chi connectivity index (χ0v) is 14.3. The molecule has 0 fully saturated rings. The standard InChI is InChI=1S/C18H27NO4/c1-4-5-6-7-8-9-19-15-10-14(12-20)11-16(22-3)17(15)23-13(2)18(19)21/h10-11,13,20H,4-9,12H2,1-3H3.